The predicted molar refractivity (Wildman–Crippen MR) is 82.0 cm³/mol. The lowest BCUT2D eigenvalue weighted by atomic mass is 10.1. The van der Waals surface area contributed by atoms with Crippen LogP contribution in [0.5, 0.6) is 0 Å². The third-order valence-electron chi connectivity index (χ3n) is 3.90. The molecule has 4 nitrogen and oxygen atoms in total. The van der Waals surface area contributed by atoms with Crippen molar-refractivity contribution in [2.24, 2.45) is 0 Å². The minimum Gasteiger partial charge on any atom is -0.376 e. The van der Waals surface area contributed by atoms with Crippen LogP contribution in [0.2, 0.25) is 0 Å². The van der Waals surface area contributed by atoms with E-state index in [1.54, 1.807) is 19.1 Å². The Kier molecular flexibility index (Phi) is 6.34. The van der Waals surface area contributed by atoms with Gasteiger partial charge in [0.15, 0.2) is 0 Å². The minimum absolute atomic E-state index is 0.0959. The molecule has 1 amide bonds. The van der Waals surface area contributed by atoms with Crippen LogP contribution in [0.4, 0.5) is 4.39 Å². The first-order valence-corrected chi connectivity index (χ1v) is 7.85. The summed E-state index contributed by atoms with van der Waals surface area (Å²) in [5.74, 6) is -0.459. The molecule has 0 saturated carbocycles. The fourth-order valence-corrected chi connectivity index (χ4v) is 2.43. The number of hydrogen-bond donors (Lipinski definition) is 1. The first kappa shape index (κ1) is 16.9. The number of hydrogen-bond acceptors (Lipinski definition) is 3. The Labute approximate surface area is 131 Å². The van der Waals surface area contributed by atoms with E-state index in [0.29, 0.717) is 6.61 Å². The smallest absolute Gasteiger partial charge is 0.249 e. The van der Waals surface area contributed by atoms with Gasteiger partial charge in [0.2, 0.25) is 5.91 Å². The number of ether oxygens (including phenoxy) is 2. The molecule has 1 aliphatic heterocycles. The maximum Gasteiger partial charge on any atom is 0.249 e. The van der Waals surface area contributed by atoms with Gasteiger partial charge in [0.25, 0.3) is 0 Å². The van der Waals surface area contributed by atoms with E-state index in [9.17, 15) is 9.18 Å². The molecule has 1 fully saturated rings. The van der Waals surface area contributed by atoms with Crippen LogP contribution in [0.25, 0.3) is 0 Å². The summed E-state index contributed by atoms with van der Waals surface area (Å²) in [4.78, 5) is 12.1. The van der Waals surface area contributed by atoms with Crippen LogP contribution in [-0.4, -0.2) is 31.3 Å². The summed E-state index contributed by atoms with van der Waals surface area (Å²) in [5.41, 5.74) is 0.859. The zero-order chi connectivity index (χ0) is 15.9. The molecule has 1 aromatic carbocycles. The highest BCUT2D eigenvalue weighted by Gasteiger charge is 2.20. The van der Waals surface area contributed by atoms with Crippen molar-refractivity contribution in [3.05, 3.63) is 35.6 Å². The SMILES string of the molecule is C[C@H](OC[C@@H]1CCCCO1)C(=O)N[C@@H](C)c1ccc(F)cc1. The van der Waals surface area contributed by atoms with E-state index in [-0.39, 0.29) is 23.9 Å². The maximum absolute atomic E-state index is 12.9. The monoisotopic (exact) mass is 309 g/mol. The highest BCUT2D eigenvalue weighted by Crippen LogP contribution is 2.15. The number of nitrogens with one attached hydrogen (secondary N) is 1. The molecular weight excluding hydrogens is 285 g/mol. The molecule has 3 atom stereocenters. The number of carbonyl (C=O) groups excluding carboxylic acids is 1. The van der Waals surface area contributed by atoms with Crippen LogP contribution in [-0.2, 0) is 14.3 Å². The lowest BCUT2D eigenvalue weighted by Gasteiger charge is -2.24. The van der Waals surface area contributed by atoms with Crippen LogP contribution in [0.15, 0.2) is 24.3 Å². The van der Waals surface area contributed by atoms with E-state index >= 15 is 0 Å². The van der Waals surface area contributed by atoms with Crippen LogP contribution in [0.3, 0.4) is 0 Å². The van der Waals surface area contributed by atoms with Crippen LogP contribution < -0.4 is 5.32 Å². The number of halogens is 1. The van der Waals surface area contributed by atoms with Gasteiger partial charge in [-0.25, -0.2) is 4.39 Å². The van der Waals surface area contributed by atoms with Crippen molar-refractivity contribution >= 4 is 5.91 Å². The predicted octanol–water partition coefficient (Wildman–Crippen LogP) is 2.98. The fraction of sp³-hybridized carbons (Fsp3) is 0.588. The van der Waals surface area contributed by atoms with Gasteiger partial charge in [0.1, 0.15) is 11.9 Å². The third kappa shape index (κ3) is 5.07. The summed E-state index contributed by atoms with van der Waals surface area (Å²) in [7, 11) is 0. The molecule has 122 valence electrons. The van der Waals surface area contributed by atoms with E-state index in [2.05, 4.69) is 5.32 Å². The average molecular weight is 309 g/mol. The zero-order valence-electron chi connectivity index (χ0n) is 13.2. The summed E-state index contributed by atoms with van der Waals surface area (Å²) in [5, 5.41) is 2.88. The molecule has 1 heterocycles. The van der Waals surface area contributed by atoms with Gasteiger partial charge >= 0.3 is 0 Å². The summed E-state index contributed by atoms with van der Waals surface area (Å²) in [6.45, 7) is 4.81. The van der Waals surface area contributed by atoms with E-state index in [0.717, 1.165) is 31.4 Å². The Hall–Kier alpha value is -1.46. The highest BCUT2D eigenvalue weighted by molar-refractivity contribution is 5.80. The molecule has 0 radical (unpaired) electrons. The summed E-state index contributed by atoms with van der Waals surface area (Å²) >= 11 is 0. The van der Waals surface area contributed by atoms with Crippen molar-refractivity contribution in [1.29, 1.82) is 0 Å². The molecule has 0 bridgehead atoms. The van der Waals surface area contributed by atoms with Crippen molar-refractivity contribution in [2.45, 2.75) is 51.4 Å². The Bertz CT molecular complexity index is 471. The minimum atomic E-state index is -0.534. The lowest BCUT2D eigenvalue weighted by Crippen LogP contribution is -2.38. The maximum atomic E-state index is 12.9. The van der Waals surface area contributed by atoms with Crippen molar-refractivity contribution in [2.75, 3.05) is 13.2 Å². The summed E-state index contributed by atoms with van der Waals surface area (Å²) < 4.78 is 24.1. The number of benzene rings is 1. The number of amides is 1. The van der Waals surface area contributed by atoms with Gasteiger partial charge in [-0.15, -0.1) is 0 Å². The van der Waals surface area contributed by atoms with Crippen LogP contribution in [0, 0.1) is 5.82 Å². The average Bonchev–Trinajstić information content (AvgIpc) is 2.54. The molecule has 5 heteroatoms. The van der Waals surface area contributed by atoms with E-state index < -0.39 is 6.10 Å². The van der Waals surface area contributed by atoms with Gasteiger partial charge in [0.05, 0.1) is 18.8 Å². The largest absolute Gasteiger partial charge is 0.376 e. The highest BCUT2D eigenvalue weighted by atomic mass is 19.1. The van der Waals surface area contributed by atoms with E-state index in [1.165, 1.54) is 12.1 Å². The van der Waals surface area contributed by atoms with Crippen molar-refractivity contribution in [3.63, 3.8) is 0 Å². The molecule has 0 aliphatic carbocycles. The molecule has 1 saturated heterocycles. The van der Waals surface area contributed by atoms with Gasteiger partial charge in [-0.1, -0.05) is 12.1 Å². The second-order valence-electron chi connectivity index (χ2n) is 5.75. The van der Waals surface area contributed by atoms with Crippen molar-refractivity contribution < 1.29 is 18.7 Å². The Morgan fingerprint density at radius 1 is 1.36 bits per heavy atom. The van der Waals surface area contributed by atoms with Crippen molar-refractivity contribution in [3.8, 4) is 0 Å². The summed E-state index contributed by atoms with van der Waals surface area (Å²) in [6.07, 6.45) is 2.80. The Morgan fingerprint density at radius 2 is 2.09 bits per heavy atom. The topological polar surface area (TPSA) is 47.6 Å². The van der Waals surface area contributed by atoms with Gasteiger partial charge in [-0.2, -0.15) is 0 Å². The second kappa shape index (κ2) is 8.25. The van der Waals surface area contributed by atoms with E-state index in [4.69, 9.17) is 9.47 Å². The quantitative estimate of drug-likeness (QED) is 0.879. The van der Waals surface area contributed by atoms with Gasteiger partial charge in [-0.05, 0) is 50.8 Å². The molecule has 0 aromatic heterocycles. The molecular formula is C17H24FNO3. The molecule has 0 unspecified atom stereocenters. The molecule has 1 aliphatic rings. The van der Waals surface area contributed by atoms with Gasteiger partial charge < -0.3 is 14.8 Å². The Morgan fingerprint density at radius 3 is 2.73 bits per heavy atom. The second-order valence-corrected chi connectivity index (χ2v) is 5.75. The first-order valence-electron chi connectivity index (χ1n) is 7.85. The molecule has 1 N–H and O–H groups in total. The molecule has 0 spiro atoms. The molecule has 1 aromatic rings. The number of carbonyl (C=O) groups is 1. The molecule has 2 rings (SSSR count). The first-order chi connectivity index (χ1) is 10.6. The van der Waals surface area contributed by atoms with Gasteiger partial charge in [-0.3, -0.25) is 4.79 Å². The number of rotatable bonds is 6. The van der Waals surface area contributed by atoms with Crippen molar-refractivity contribution in [1.82, 2.24) is 5.32 Å². The van der Waals surface area contributed by atoms with Gasteiger partial charge in [0, 0.05) is 6.61 Å². The zero-order valence-corrected chi connectivity index (χ0v) is 13.2. The Balaban J connectivity index is 1.76. The standard InChI is InChI=1S/C17H24FNO3/c1-12(14-6-8-15(18)9-7-14)19-17(20)13(2)22-11-16-5-3-4-10-21-16/h6-9,12-13,16H,3-5,10-11H2,1-2H3,(H,19,20)/t12-,13-,16-/m0/s1. The summed E-state index contributed by atoms with van der Waals surface area (Å²) in [6, 6.07) is 5.92. The van der Waals surface area contributed by atoms with Crippen LogP contribution in [0.1, 0.15) is 44.7 Å². The normalized spacial score (nSPS) is 21.1. The lowest BCUT2D eigenvalue weighted by molar-refractivity contribution is -0.136. The molecule has 22 heavy (non-hydrogen) atoms. The van der Waals surface area contributed by atoms with E-state index in [1.807, 2.05) is 6.92 Å². The fourth-order valence-electron chi connectivity index (χ4n) is 2.43. The van der Waals surface area contributed by atoms with Crippen LogP contribution >= 0.6 is 0 Å². The third-order valence-corrected chi connectivity index (χ3v) is 3.90.